The van der Waals surface area contributed by atoms with Gasteiger partial charge in [-0.25, -0.2) is 0 Å². The number of hydrogen-bond acceptors (Lipinski definition) is 8. The van der Waals surface area contributed by atoms with Crippen LogP contribution < -0.4 is 9.47 Å². The molecule has 0 saturated heterocycles. The van der Waals surface area contributed by atoms with Gasteiger partial charge in [-0.1, -0.05) is 38.5 Å². The maximum absolute atomic E-state index is 13.6. The number of benzene rings is 1. The molecule has 8 nitrogen and oxygen atoms in total. The predicted octanol–water partition coefficient (Wildman–Crippen LogP) is 6.35. The molecule has 2 rings (SSSR count). The third-order valence-corrected chi connectivity index (χ3v) is 8.15. The Morgan fingerprint density at radius 3 is 2.15 bits per heavy atom. The number of ether oxygens (including phenoxy) is 3. The van der Waals surface area contributed by atoms with Crippen LogP contribution in [0.3, 0.4) is 0 Å². The van der Waals surface area contributed by atoms with Crippen LogP contribution in [0, 0.1) is 17.8 Å². The number of carbonyl (C=O) groups is 5. The Bertz CT molecular complexity index is 1260. The van der Waals surface area contributed by atoms with Crippen molar-refractivity contribution in [1.82, 2.24) is 0 Å². The lowest BCUT2D eigenvalue weighted by molar-refractivity contribution is -0.148. The normalized spacial score (nSPS) is 21.1. The highest BCUT2D eigenvalue weighted by Crippen LogP contribution is 2.56. The first-order chi connectivity index (χ1) is 19.0. The van der Waals surface area contributed by atoms with E-state index in [1.807, 2.05) is 26.8 Å². The Labute approximate surface area is 243 Å². The maximum atomic E-state index is 13.6. The van der Waals surface area contributed by atoms with Crippen LogP contribution in [0.25, 0.3) is 0 Å². The third-order valence-electron chi connectivity index (χ3n) is 8.15. The summed E-state index contributed by atoms with van der Waals surface area (Å²) in [5.41, 5.74) is 1.52. The Balaban J connectivity index is 2.18. The van der Waals surface area contributed by atoms with Crippen LogP contribution >= 0.6 is 0 Å². The summed E-state index contributed by atoms with van der Waals surface area (Å²) in [6.07, 6.45) is 4.36. The van der Waals surface area contributed by atoms with Gasteiger partial charge in [-0.2, -0.15) is 0 Å². The molecule has 1 aromatic carbocycles. The molecule has 0 heterocycles. The van der Waals surface area contributed by atoms with E-state index in [0.717, 1.165) is 18.4 Å². The summed E-state index contributed by atoms with van der Waals surface area (Å²) >= 11 is 0. The summed E-state index contributed by atoms with van der Waals surface area (Å²) < 4.78 is 16.0. The number of esters is 3. The Morgan fingerprint density at radius 1 is 0.951 bits per heavy atom. The van der Waals surface area contributed by atoms with Crippen molar-refractivity contribution in [3.63, 3.8) is 0 Å². The smallest absolute Gasteiger partial charge is 0.308 e. The fraction of sp³-hybridized carbons (Fsp3) is 0.545. The molecule has 0 amide bonds. The van der Waals surface area contributed by atoms with Crippen LogP contribution in [0.2, 0.25) is 0 Å². The number of rotatable bonds is 13. The number of carbonyl (C=O) groups excluding carboxylic acids is 5. The monoisotopic (exact) mass is 568 g/mol. The molecule has 1 saturated carbocycles. The first-order valence-electron chi connectivity index (χ1n) is 14.0. The van der Waals surface area contributed by atoms with Crippen LogP contribution in [0.5, 0.6) is 11.5 Å². The van der Waals surface area contributed by atoms with Gasteiger partial charge < -0.3 is 14.2 Å². The van der Waals surface area contributed by atoms with Gasteiger partial charge in [0.1, 0.15) is 29.2 Å². The fourth-order valence-electron chi connectivity index (χ4n) is 5.72. The van der Waals surface area contributed by atoms with Gasteiger partial charge in [0.25, 0.3) is 0 Å². The van der Waals surface area contributed by atoms with Crippen molar-refractivity contribution in [3.05, 3.63) is 47.1 Å². The summed E-state index contributed by atoms with van der Waals surface area (Å²) in [6.45, 7) is 17.1. The van der Waals surface area contributed by atoms with Gasteiger partial charge in [0.05, 0.1) is 0 Å². The molecule has 0 unspecified atom stereocenters. The maximum Gasteiger partial charge on any atom is 0.308 e. The van der Waals surface area contributed by atoms with Crippen LogP contribution in [0.1, 0.15) is 98.1 Å². The van der Waals surface area contributed by atoms with Gasteiger partial charge >= 0.3 is 17.9 Å². The minimum atomic E-state index is -0.720. The first-order valence-corrected chi connectivity index (χ1v) is 14.0. The highest BCUT2D eigenvalue weighted by atomic mass is 16.5. The van der Waals surface area contributed by atoms with Gasteiger partial charge in [-0.3, -0.25) is 24.0 Å². The molecule has 8 heteroatoms. The SMILES string of the molecule is C=C(C)[C@@H](CC(=O)[C@]1(C)CCC[C@]1(C)CC(=O)C/C(C)=C/Cc1cc(OC(C)=O)cc(C)c1OC(C)=O)OC(C)=O. The van der Waals surface area contributed by atoms with E-state index in [4.69, 9.17) is 14.2 Å². The Hall–Kier alpha value is -3.55. The second kappa shape index (κ2) is 13.9. The number of hydrogen-bond donors (Lipinski definition) is 0. The summed E-state index contributed by atoms with van der Waals surface area (Å²) in [7, 11) is 0. The summed E-state index contributed by atoms with van der Waals surface area (Å²) in [5.74, 6) is -0.620. The summed E-state index contributed by atoms with van der Waals surface area (Å²) in [4.78, 5) is 61.5. The molecule has 0 bridgehead atoms. The minimum absolute atomic E-state index is 0.0205. The molecule has 1 aliphatic rings. The van der Waals surface area contributed by atoms with E-state index in [1.165, 1.54) is 20.8 Å². The van der Waals surface area contributed by atoms with E-state index in [0.29, 0.717) is 41.0 Å². The van der Waals surface area contributed by atoms with E-state index < -0.39 is 34.8 Å². The van der Waals surface area contributed by atoms with E-state index in [1.54, 1.807) is 26.0 Å². The summed E-state index contributed by atoms with van der Waals surface area (Å²) in [5, 5.41) is 0. The zero-order valence-corrected chi connectivity index (χ0v) is 25.7. The lowest BCUT2D eigenvalue weighted by Crippen LogP contribution is -2.42. The van der Waals surface area contributed by atoms with Gasteiger partial charge in [0.15, 0.2) is 0 Å². The Kier molecular flexibility index (Phi) is 11.4. The van der Waals surface area contributed by atoms with Gasteiger partial charge in [-0.05, 0) is 68.7 Å². The molecular weight excluding hydrogens is 524 g/mol. The summed E-state index contributed by atoms with van der Waals surface area (Å²) in [6, 6.07) is 3.29. The van der Waals surface area contributed by atoms with Crippen molar-refractivity contribution in [2.24, 2.45) is 10.8 Å². The van der Waals surface area contributed by atoms with Crippen LogP contribution in [0.4, 0.5) is 0 Å². The van der Waals surface area contributed by atoms with Crippen molar-refractivity contribution in [1.29, 1.82) is 0 Å². The largest absolute Gasteiger partial charge is 0.458 e. The minimum Gasteiger partial charge on any atom is -0.458 e. The molecule has 3 atom stereocenters. The Morgan fingerprint density at radius 2 is 1.59 bits per heavy atom. The molecule has 0 aromatic heterocycles. The average molecular weight is 569 g/mol. The first kappa shape index (κ1) is 33.7. The second-order valence-corrected chi connectivity index (χ2v) is 11.9. The van der Waals surface area contributed by atoms with Crippen molar-refractivity contribution in [2.75, 3.05) is 0 Å². The van der Waals surface area contributed by atoms with Crippen molar-refractivity contribution in [2.45, 2.75) is 106 Å². The van der Waals surface area contributed by atoms with E-state index >= 15 is 0 Å². The number of aryl methyl sites for hydroxylation is 1. The van der Waals surface area contributed by atoms with Crippen LogP contribution in [0.15, 0.2) is 35.9 Å². The molecule has 1 aliphatic carbocycles. The number of ketones is 2. The molecular formula is C33H44O8. The fourth-order valence-corrected chi connectivity index (χ4v) is 5.72. The van der Waals surface area contributed by atoms with Gasteiger partial charge in [-0.15, -0.1) is 0 Å². The number of Topliss-reactive ketones (excluding diaryl/α,β-unsaturated/α-hetero) is 2. The quantitative estimate of drug-likeness (QED) is 0.154. The number of allylic oxidation sites excluding steroid dienone is 2. The van der Waals surface area contributed by atoms with Gasteiger partial charge in [0.2, 0.25) is 0 Å². The molecule has 1 aromatic rings. The molecule has 0 radical (unpaired) electrons. The van der Waals surface area contributed by atoms with Gasteiger partial charge in [0, 0.05) is 51.0 Å². The lowest BCUT2D eigenvalue weighted by atomic mass is 9.62. The lowest BCUT2D eigenvalue weighted by Gasteiger charge is -2.40. The molecule has 41 heavy (non-hydrogen) atoms. The predicted molar refractivity (Wildman–Crippen MR) is 156 cm³/mol. The van der Waals surface area contributed by atoms with Crippen LogP contribution in [-0.4, -0.2) is 35.6 Å². The highest BCUT2D eigenvalue weighted by molar-refractivity contribution is 5.89. The molecule has 0 aliphatic heterocycles. The van der Waals surface area contributed by atoms with Crippen LogP contribution in [-0.2, 0) is 35.1 Å². The topological polar surface area (TPSA) is 113 Å². The molecule has 224 valence electrons. The van der Waals surface area contributed by atoms with E-state index in [2.05, 4.69) is 6.58 Å². The second-order valence-electron chi connectivity index (χ2n) is 11.9. The zero-order chi connectivity index (χ0) is 31.1. The zero-order valence-electron chi connectivity index (χ0n) is 25.7. The standard InChI is InChI=1S/C33H44O8/c1-20(2)29(40-24(6)35)18-30(38)33(9)14-10-13-32(33,8)19-27(37)15-21(3)11-12-26-17-28(39-23(5)34)16-22(4)31(26)41-25(7)36/h11,16-17,29H,1,10,12-15,18-19H2,2-9H3/b21-11+/t29-,32-,33+/m1/s1. The highest BCUT2D eigenvalue weighted by Gasteiger charge is 2.53. The molecule has 0 N–H and O–H groups in total. The third kappa shape index (κ3) is 8.97. The average Bonchev–Trinajstić information content (AvgIpc) is 3.12. The molecule has 1 fully saturated rings. The molecule has 0 spiro atoms. The van der Waals surface area contributed by atoms with Crippen molar-refractivity contribution in [3.8, 4) is 11.5 Å². The van der Waals surface area contributed by atoms with E-state index in [-0.39, 0.29) is 30.8 Å². The van der Waals surface area contributed by atoms with Crippen molar-refractivity contribution >= 4 is 29.5 Å². The van der Waals surface area contributed by atoms with Crippen molar-refractivity contribution < 1.29 is 38.2 Å². The van der Waals surface area contributed by atoms with E-state index in [9.17, 15) is 24.0 Å².